The Bertz CT molecular complexity index is 289. The number of aliphatic carboxylic acids is 1. The summed E-state index contributed by atoms with van der Waals surface area (Å²) in [6.45, 7) is 1.87. The zero-order valence-electron chi connectivity index (χ0n) is 11.1. The minimum absolute atomic E-state index is 0.196. The summed E-state index contributed by atoms with van der Waals surface area (Å²) < 4.78 is 5.07. The number of nitrogens with one attached hydrogen (secondary N) is 1. The van der Waals surface area contributed by atoms with Crippen molar-refractivity contribution >= 4 is 11.9 Å². The summed E-state index contributed by atoms with van der Waals surface area (Å²) in [6, 6.07) is -0.262. The first-order valence-electron chi connectivity index (χ1n) is 6.66. The zero-order valence-corrected chi connectivity index (χ0v) is 11.1. The lowest BCUT2D eigenvalue weighted by Crippen LogP contribution is -2.47. The molecule has 0 aromatic rings. The fourth-order valence-electron chi connectivity index (χ4n) is 2.51. The van der Waals surface area contributed by atoms with Crippen LogP contribution >= 0.6 is 0 Å². The summed E-state index contributed by atoms with van der Waals surface area (Å²) in [5.41, 5.74) is 0. The molecule has 1 rings (SSSR count). The van der Waals surface area contributed by atoms with Gasteiger partial charge in [-0.2, -0.15) is 0 Å². The lowest BCUT2D eigenvalue weighted by molar-refractivity contribution is -0.143. The highest BCUT2D eigenvalue weighted by Gasteiger charge is 2.31. The van der Waals surface area contributed by atoms with Gasteiger partial charge in [-0.05, 0) is 19.3 Å². The van der Waals surface area contributed by atoms with Gasteiger partial charge in [-0.15, -0.1) is 0 Å². The molecule has 1 fully saturated rings. The Morgan fingerprint density at radius 2 is 2.00 bits per heavy atom. The van der Waals surface area contributed by atoms with E-state index in [1.54, 1.807) is 0 Å². The number of rotatable bonds is 5. The number of hydrogen-bond donors (Lipinski definition) is 2. The van der Waals surface area contributed by atoms with Gasteiger partial charge >= 0.3 is 5.97 Å². The third-order valence-electron chi connectivity index (χ3n) is 3.61. The molecule has 1 amide bonds. The predicted molar refractivity (Wildman–Crippen MR) is 67.2 cm³/mol. The van der Waals surface area contributed by atoms with E-state index in [4.69, 9.17) is 4.74 Å². The maximum atomic E-state index is 11.9. The van der Waals surface area contributed by atoms with Crippen LogP contribution in [0.3, 0.4) is 0 Å². The van der Waals surface area contributed by atoms with Gasteiger partial charge in [-0.1, -0.05) is 26.2 Å². The maximum Gasteiger partial charge on any atom is 0.308 e. The minimum atomic E-state index is -0.812. The van der Waals surface area contributed by atoms with Gasteiger partial charge < -0.3 is 15.2 Å². The molecule has 104 valence electrons. The van der Waals surface area contributed by atoms with Gasteiger partial charge in [0.15, 0.2) is 0 Å². The fraction of sp³-hybridized carbons (Fsp3) is 0.846. The second-order valence-electron chi connectivity index (χ2n) is 4.83. The topological polar surface area (TPSA) is 75.6 Å². The largest absolute Gasteiger partial charge is 0.481 e. The van der Waals surface area contributed by atoms with Crippen LogP contribution < -0.4 is 5.32 Å². The summed E-state index contributed by atoms with van der Waals surface area (Å²) >= 11 is 0. The number of amides is 1. The second kappa shape index (κ2) is 7.36. The molecule has 0 aromatic heterocycles. The first kappa shape index (κ1) is 15.0. The molecule has 1 aliphatic carbocycles. The van der Waals surface area contributed by atoms with Gasteiger partial charge in [0.1, 0.15) is 6.10 Å². The molecule has 1 aliphatic rings. The summed E-state index contributed by atoms with van der Waals surface area (Å²) in [5.74, 6) is -1.48. The van der Waals surface area contributed by atoms with E-state index in [0.717, 1.165) is 25.7 Å². The normalized spacial score (nSPS) is 26.1. The van der Waals surface area contributed by atoms with Gasteiger partial charge in [0, 0.05) is 13.2 Å². The Morgan fingerprint density at radius 1 is 1.33 bits per heavy atom. The van der Waals surface area contributed by atoms with Crippen LogP contribution in [-0.2, 0) is 14.3 Å². The second-order valence-corrected chi connectivity index (χ2v) is 4.83. The van der Waals surface area contributed by atoms with E-state index in [2.05, 4.69) is 5.32 Å². The number of carboxylic acids is 1. The van der Waals surface area contributed by atoms with Crippen molar-refractivity contribution in [3.05, 3.63) is 0 Å². The van der Waals surface area contributed by atoms with Crippen LogP contribution in [0.15, 0.2) is 0 Å². The van der Waals surface area contributed by atoms with Gasteiger partial charge in [-0.25, -0.2) is 0 Å². The molecule has 0 radical (unpaired) electrons. The molecule has 1 saturated carbocycles. The van der Waals surface area contributed by atoms with E-state index in [-0.39, 0.29) is 11.9 Å². The van der Waals surface area contributed by atoms with Crippen molar-refractivity contribution in [3.63, 3.8) is 0 Å². The average Bonchev–Trinajstić information content (AvgIpc) is 2.56. The minimum Gasteiger partial charge on any atom is -0.481 e. The van der Waals surface area contributed by atoms with Crippen LogP contribution in [0.5, 0.6) is 0 Å². The highest BCUT2D eigenvalue weighted by Crippen LogP contribution is 2.24. The van der Waals surface area contributed by atoms with Crippen LogP contribution in [0.25, 0.3) is 0 Å². The Hall–Kier alpha value is -1.10. The predicted octanol–water partition coefficient (Wildman–Crippen LogP) is 1.56. The molecule has 0 heterocycles. The lowest BCUT2D eigenvalue weighted by Gasteiger charge is -2.24. The van der Waals surface area contributed by atoms with Crippen molar-refractivity contribution in [2.24, 2.45) is 5.92 Å². The van der Waals surface area contributed by atoms with Crippen LogP contribution in [0.2, 0.25) is 0 Å². The first-order chi connectivity index (χ1) is 8.60. The zero-order chi connectivity index (χ0) is 13.5. The fourth-order valence-corrected chi connectivity index (χ4v) is 2.51. The van der Waals surface area contributed by atoms with E-state index in [1.165, 1.54) is 7.11 Å². The standard InChI is InChI=1S/C13H23NO4/c1-3-11(18-2)12(15)14-10-8-6-4-5-7-9(10)13(16)17/h9-11H,3-8H2,1-2H3,(H,14,15)(H,16,17)/t9-,10+,11?/m1/s1. The van der Waals surface area contributed by atoms with Gasteiger partial charge in [0.2, 0.25) is 5.91 Å². The molecule has 3 atom stereocenters. The Kier molecular flexibility index (Phi) is 6.12. The van der Waals surface area contributed by atoms with Gasteiger partial charge in [0.05, 0.1) is 5.92 Å². The van der Waals surface area contributed by atoms with Crippen LogP contribution in [0, 0.1) is 5.92 Å². The van der Waals surface area contributed by atoms with E-state index in [9.17, 15) is 14.7 Å². The van der Waals surface area contributed by atoms with Crippen molar-refractivity contribution in [1.29, 1.82) is 0 Å². The van der Waals surface area contributed by atoms with Gasteiger partial charge in [-0.3, -0.25) is 9.59 Å². The Labute approximate surface area is 108 Å². The summed E-state index contributed by atoms with van der Waals surface area (Å²) in [7, 11) is 1.50. The van der Waals surface area contributed by atoms with E-state index in [0.29, 0.717) is 12.8 Å². The SMILES string of the molecule is CCC(OC)C(=O)N[C@H]1CCCCC[C@H]1C(=O)O. The monoisotopic (exact) mass is 257 g/mol. The number of carboxylic acid groups (broad SMARTS) is 1. The molecule has 5 heteroatoms. The summed E-state index contributed by atoms with van der Waals surface area (Å²) in [4.78, 5) is 23.2. The molecule has 1 unspecified atom stereocenters. The third kappa shape index (κ3) is 3.98. The Morgan fingerprint density at radius 3 is 2.56 bits per heavy atom. The molecule has 0 spiro atoms. The quantitative estimate of drug-likeness (QED) is 0.733. The first-order valence-corrected chi connectivity index (χ1v) is 6.66. The van der Waals surface area contributed by atoms with Crippen LogP contribution in [0.1, 0.15) is 45.4 Å². The summed E-state index contributed by atoms with van der Waals surface area (Å²) in [5, 5.41) is 12.1. The molecule has 0 saturated heterocycles. The van der Waals surface area contributed by atoms with Crippen LogP contribution in [0.4, 0.5) is 0 Å². The van der Waals surface area contributed by atoms with Crippen molar-refractivity contribution in [3.8, 4) is 0 Å². The number of methoxy groups -OCH3 is 1. The van der Waals surface area contributed by atoms with Crippen molar-refractivity contribution < 1.29 is 19.4 Å². The van der Waals surface area contributed by atoms with Crippen molar-refractivity contribution in [1.82, 2.24) is 5.32 Å². The van der Waals surface area contributed by atoms with E-state index in [1.807, 2.05) is 6.92 Å². The smallest absolute Gasteiger partial charge is 0.308 e. The number of ether oxygens (including phenoxy) is 1. The van der Waals surface area contributed by atoms with Crippen molar-refractivity contribution in [2.75, 3.05) is 7.11 Å². The average molecular weight is 257 g/mol. The molecular weight excluding hydrogens is 234 g/mol. The third-order valence-corrected chi connectivity index (χ3v) is 3.61. The molecule has 0 bridgehead atoms. The van der Waals surface area contributed by atoms with Crippen molar-refractivity contribution in [2.45, 2.75) is 57.6 Å². The molecule has 0 aliphatic heterocycles. The highest BCUT2D eigenvalue weighted by atomic mass is 16.5. The van der Waals surface area contributed by atoms with E-state index >= 15 is 0 Å². The number of carbonyl (C=O) groups excluding carboxylic acids is 1. The summed E-state index contributed by atoms with van der Waals surface area (Å²) in [6.07, 6.45) is 4.42. The molecule has 0 aromatic carbocycles. The molecular formula is C13H23NO4. The number of carbonyl (C=O) groups is 2. The van der Waals surface area contributed by atoms with Crippen LogP contribution in [-0.4, -0.2) is 36.2 Å². The van der Waals surface area contributed by atoms with Gasteiger partial charge in [0.25, 0.3) is 0 Å². The highest BCUT2D eigenvalue weighted by molar-refractivity contribution is 5.82. The molecule has 2 N–H and O–H groups in total. The lowest BCUT2D eigenvalue weighted by atomic mass is 9.94. The molecule has 5 nitrogen and oxygen atoms in total. The van der Waals surface area contributed by atoms with E-state index < -0.39 is 18.0 Å². The maximum absolute atomic E-state index is 11.9. The Balaban J connectivity index is 2.65. The number of hydrogen-bond acceptors (Lipinski definition) is 3. The molecule has 18 heavy (non-hydrogen) atoms.